The molecule has 6 amide bonds. The smallest absolute Gasteiger partial charge is 0.219 e. The highest BCUT2D eigenvalue weighted by Gasteiger charge is 2.32. The lowest BCUT2D eigenvalue weighted by Crippen LogP contribution is -2.34. The van der Waals surface area contributed by atoms with Crippen molar-refractivity contribution in [2.24, 2.45) is 5.73 Å². The van der Waals surface area contributed by atoms with Crippen LogP contribution >= 0.6 is 0 Å². The largest absolute Gasteiger partial charge is 0.396 e. The molecule has 15 rings (SSSR count). The number of nitriles is 1. The maximum atomic E-state index is 11.8. The van der Waals surface area contributed by atoms with Gasteiger partial charge in [-0.2, -0.15) is 30.8 Å². The average molecular weight is 1660 g/mol. The maximum absolute atomic E-state index is 11.8. The molecule has 122 heavy (non-hydrogen) atoms. The van der Waals surface area contributed by atoms with Gasteiger partial charge in [-0.15, -0.1) is 0 Å². The number of hydrogen-bond donors (Lipinski definition) is 8. The van der Waals surface area contributed by atoms with Crippen molar-refractivity contribution in [1.29, 1.82) is 5.26 Å². The molecule has 10 heterocycles. The Morgan fingerprint density at radius 3 is 0.893 bits per heavy atom. The number of benzene rings is 5. The van der Waals surface area contributed by atoms with Crippen molar-refractivity contribution in [2.75, 3.05) is 72.5 Å². The first-order chi connectivity index (χ1) is 58.8. The fourth-order valence-corrected chi connectivity index (χ4v) is 15.7. The van der Waals surface area contributed by atoms with Crippen LogP contribution in [0.15, 0.2) is 133 Å². The van der Waals surface area contributed by atoms with E-state index in [0.717, 1.165) is 186 Å². The van der Waals surface area contributed by atoms with Crippen molar-refractivity contribution in [3.05, 3.63) is 218 Å². The maximum Gasteiger partial charge on any atom is 0.219 e. The molecule has 0 fully saturated rings. The third-order valence-electron chi connectivity index (χ3n) is 22.1. The molecule has 0 aliphatic carbocycles. The van der Waals surface area contributed by atoms with Crippen molar-refractivity contribution >= 4 is 93.0 Å². The zero-order chi connectivity index (χ0) is 87.1. The average Bonchev–Trinajstić information content (AvgIpc) is 1.67. The van der Waals surface area contributed by atoms with Gasteiger partial charge < -0.3 is 67.0 Å². The number of carbonyl (C=O) groups is 6. The Labute approximate surface area is 714 Å². The Morgan fingerprint density at radius 2 is 0.656 bits per heavy atom. The summed E-state index contributed by atoms with van der Waals surface area (Å²) in [5.74, 6) is 4.06. The molecular weight excluding hydrogens is 1540 g/mol. The molecular formula is C92H118N22O8. The van der Waals surface area contributed by atoms with E-state index >= 15 is 0 Å². The minimum Gasteiger partial charge on any atom is -0.396 e. The number of nitrogens with one attached hydrogen (secondary N) is 5. The normalized spacial score (nSPS) is 13.6. The summed E-state index contributed by atoms with van der Waals surface area (Å²) in [6.07, 6.45) is 11.3. The number of anilines is 10. The van der Waals surface area contributed by atoms with Crippen LogP contribution in [0.4, 0.5) is 57.5 Å². The van der Waals surface area contributed by atoms with E-state index in [1.165, 1.54) is 33.6 Å². The molecule has 5 aliphatic rings. The van der Waals surface area contributed by atoms with Crippen LogP contribution in [-0.4, -0.2) is 165 Å². The van der Waals surface area contributed by atoms with Gasteiger partial charge in [-0.25, -0.2) is 0 Å². The molecule has 0 atom stereocenters. The van der Waals surface area contributed by atoms with E-state index in [2.05, 4.69) is 123 Å². The first-order valence-corrected chi connectivity index (χ1v) is 42.1. The Kier molecular flexibility index (Phi) is 31.6. The molecule has 30 heteroatoms. The van der Waals surface area contributed by atoms with E-state index in [9.17, 15) is 33.9 Å². The number of amides is 6. The van der Waals surface area contributed by atoms with Crippen LogP contribution in [0.25, 0.3) is 0 Å². The van der Waals surface area contributed by atoms with E-state index in [0.29, 0.717) is 78.3 Å². The molecule has 644 valence electrons. The second-order valence-corrected chi connectivity index (χ2v) is 31.5. The number of aromatic nitrogens is 10. The number of carbonyl (C=O) groups excluding carboxylic acids is 6. The minimum absolute atomic E-state index is 0.0500. The predicted molar refractivity (Wildman–Crippen MR) is 474 cm³/mol. The lowest BCUT2D eigenvalue weighted by molar-refractivity contribution is -0.130. The monoisotopic (exact) mass is 1660 g/mol. The van der Waals surface area contributed by atoms with Crippen LogP contribution in [-0.2, 0) is 126 Å². The summed E-state index contributed by atoms with van der Waals surface area (Å²) in [5.41, 5.74) is 27.2. The van der Waals surface area contributed by atoms with Gasteiger partial charge >= 0.3 is 0 Å². The molecule has 0 radical (unpaired) electrons. The summed E-state index contributed by atoms with van der Waals surface area (Å²) in [5, 5.41) is 67.6. The SMILES string of the molecule is C/C=C/CCn1nc(Nc2cccc(C)c2)c2c1CCN(C(C)=O)C2.CC(=O)N1CCc2c(c(Nc3cccc(C)c3)nn2CCC(N)=O)C1.CC(=O)N1CCc2c(c(Nc3cccc(C)c3)nn2CCCC#N)C1.CC(=O)N1CCc2c(c(Nc3cccc(C)c3)nn2CCCO)C1.CC(=O)N1CCc2c(c(Nc3cccc(C)c3)nn2CCO)C1. The second kappa shape index (κ2) is 42.9. The standard InChI is InChI=1S/C20H26N4O.C19H23N5O.C18H23N5O2.C18H24N4O2.C17H22N4O2/c1-4-5-6-11-24-19-10-12-23(16(3)25)14-18(19)20(22-24)21-17-9-7-8-15(2)13-17;1-14-6-5-7-16(12-14)21-19-17-13-23(15(2)25)11-8-18(17)24(22-19)10-4-3-9-20;1-12-4-3-5-14(10-12)20-18-15-11-22(13(2)24)8-6-16(15)23(21-18)9-7-17(19)25;1-13-5-3-6-15(11-13)19-18-16-12-21(14(2)24)9-7-17(16)22(20-18)8-4-10-23;1-12-4-3-5-14(10-12)18-17-15-11-20(13(2)23)7-6-16(15)21(19-17)8-9-22/h4-5,7-9,13H,6,10-12,14H2,1-3H3,(H,21,22);5-7,12H,3-4,8,10-11,13H2,1-2H3,(H,21,22);3-5,10H,6-9,11H2,1-2H3,(H2,19,25)(H,20,21);3,5-6,11,23H,4,7-10,12H2,1-2H3,(H,19,20);3-5,10,22H,6-9,11H2,1-2H3,(H,18,19)/b5-4+;;;;. The van der Waals surface area contributed by atoms with Crippen LogP contribution in [0.3, 0.4) is 0 Å². The minimum atomic E-state index is -0.349. The number of aliphatic hydroxyl groups is 2. The lowest BCUT2D eigenvalue weighted by Gasteiger charge is -2.26. The molecule has 9 N–H and O–H groups in total. The van der Waals surface area contributed by atoms with Crippen molar-refractivity contribution in [3.8, 4) is 6.07 Å². The van der Waals surface area contributed by atoms with Gasteiger partial charge in [0.1, 0.15) is 0 Å². The molecule has 0 saturated carbocycles. The number of fused-ring (bicyclic) bond motifs is 5. The van der Waals surface area contributed by atoms with Gasteiger partial charge in [0, 0.05) is 223 Å². The third-order valence-corrected chi connectivity index (χ3v) is 22.1. The van der Waals surface area contributed by atoms with Gasteiger partial charge in [-0.1, -0.05) is 72.8 Å². The second-order valence-electron chi connectivity index (χ2n) is 31.5. The third kappa shape index (κ3) is 24.0. The van der Waals surface area contributed by atoms with Crippen LogP contribution in [0.2, 0.25) is 0 Å². The summed E-state index contributed by atoms with van der Waals surface area (Å²) in [7, 11) is 0. The number of rotatable bonds is 24. The molecule has 0 bridgehead atoms. The summed E-state index contributed by atoms with van der Waals surface area (Å²) >= 11 is 0. The molecule has 30 nitrogen and oxygen atoms in total. The summed E-state index contributed by atoms with van der Waals surface area (Å²) in [6.45, 7) is 30.2. The molecule has 5 aliphatic heterocycles. The van der Waals surface area contributed by atoms with Gasteiger partial charge in [-0.3, -0.25) is 52.2 Å². The van der Waals surface area contributed by atoms with Gasteiger partial charge in [0.15, 0.2) is 29.1 Å². The van der Waals surface area contributed by atoms with Crippen molar-refractivity contribution in [1.82, 2.24) is 73.4 Å². The van der Waals surface area contributed by atoms with E-state index < -0.39 is 0 Å². The Morgan fingerprint density at radius 1 is 0.393 bits per heavy atom. The van der Waals surface area contributed by atoms with E-state index in [-0.39, 0.29) is 55.1 Å². The lowest BCUT2D eigenvalue weighted by atomic mass is 10.1. The van der Waals surface area contributed by atoms with Crippen LogP contribution in [0.5, 0.6) is 0 Å². The number of nitrogens with two attached hydrogens (primary N) is 1. The van der Waals surface area contributed by atoms with Crippen LogP contribution < -0.4 is 32.3 Å². The molecule has 0 unspecified atom stereocenters. The topological polar surface area (TPSA) is 358 Å². The van der Waals surface area contributed by atoms with Gasteiger partial charge in [0.2, 0.25) is 35.4 Å². The first-order valence-electron chi connectivity index (χ1n) is 42.1. The van der Waals surface area contributed by atoms with Gasteiger partial charge in [0.05, 0.1) is 58.5 Å². The van der Waals surface area contributed by atoms with Gasteiger partial charge in [-0.05, 0) is 149 Å². The zero-order valence-corrected chi connectivity index (χ0v) is 72.4. The predicted octanol–water partition coefficient (Wildman–Crippen LogP) is 12.7. The highest BCUT2D eigenvalue weighted by molar-refractivity contribution is 5.78. The van der Waals surface area contributed by atoms with Crippen molar-refractivity contribution < 1.29 is 39.0 Å². The van der Waals surface area contributed by atoms with Crippen molar-refractivity contribution in [3.63, 3.8) is 0 Å². The number of nitrogens with zero attached hydrogens (tertiary/aromatic N) is 16. The highest BCUT2D eigenvalue weighted by atomic mass is 16.3. The molecule has 10 aromatic rings. The Bertz CT molecular complexity index is 5410. The highest BCUT2D eigenvalue weighted by Crippen LogP contribution is 2.36. The zero-order valence-electron chi connectivity index (χ0n) is 72.4. The van der Waals surface area contributed by atoms with Crippen LogP contribution in [0.1, 0.15) is 158 Å². The van der Waals surface area contributed by atoms with Crippen molar-refractivity contribution in [2.45, 2.75) is 206 Å². The Hall–Kier alpha value is -12.9. The van der Waals surface area contributed by atoms with E-state index in [4.69, 9.17) is 31.4 Å². The number of unbranched alkanes of at least 4 members (excludes halogenated alkanes) is 1. The summed E-state index contributed by atoms with van der Waals surface area (Å²) < 4.78 is 9.77. The van der Waals surface area contributed by atoms with E-state index in [1.54, 1.807) is 34.6 Å². The fraction of sp³-hybridized carbons (Fsp3) is 0.413. The quantitative estimate of drug-likeness (QED) is 0.0206. The van der Waals surface area contributed by atoms with E-state index in [1.807, 2.05) is 143 Å². The number of hydrogen-bond acceptors (Lipinski definition) is 19. The summed E-state index contributed by atoms with van der Waals surface area (Å²) in [6, 6.07) is 42.9. The first kappa shape index (κ1) is 89.9. The number of allylic oxidation sites excluding steroid dienone is 2. The summed E-state index contributed by atoms with van der Waals surface area (Å²) in [4.78, 5) is 79.2. The van der Waals surface area contributed by atoms with Gasteiger partial charge in [0.25, 0.3) is 0 Å². The van der Waals surface area contributed by atoms with Crippen LogP contribution in [0, 0.1) is 45.9 Å². The molecule has 0 saturated heterocycles. The number of primary amides is 1. The molecule has 5 aromatic carbocycles. The fourth-order valence-electron chi connectivity index (χ4n) is 15.7. The molecule has 0 spiro atoms. The molecule has 5 aromatic heterocycles. The number of aryl methyl sites for hydroxylation is 9. The number of aliphatic hydroxyl groups excluding tert-OH is 2. The Balaban J connectivity index is 0.000000149.